The number of carboxylic acid groups (broad SMARTS) is 1. The third kappa shape index (κ3) is 9.65. The normalized spacial score (nSPS) is 19.1. The van der Waals surface area contributed by atoms with Gasteiger partial charge >= 0.3 is 11.9 Å². The van der Waals surface area contributed by atoms with Crippen LogP contribution in [-0.2, 0) is 9.53 Å². The van der Waals surface area contributed by atoms with Crippen LogP contribution in [0.5, 0.6) is 0 Å². The molecule has 0 radical (unpaired) electrons. The summed E-state index contributed by atoms with van der Waals surface area (Å²) in [7, 11) is 0. The number of thioether (sulfide) groups is 1. The molecule has 1 aromatic rings. The maximum absolute atomic E-state index is 12.7. The van der Waals surface area contributed by atoms with Crippen LogP contribution in [0, 0.1) is 12.8 Å². The number of carboxylic acids is 1. The smallest absolute Gasteiger partial charge is 0.343 e. The van der Waals surface area contributed by atoms with E-state index < -0.39 is 24.1 Å². The first-order valence-corrected chi connectivity index (χ1v) is 13.2. The number of benzene rings is 1. The van der Waals surface area contributed by atoms with Crippen LogP contribution in [0.15, 0.2) is 47.1 Å². The molecule has 1 aliphatic carbocycles. The standard InChI is InChI=1S/C27H38O6S/c1-3-4-6-9-21(28)15-16-22-23(29)18-24(26(22)34-17-8-5-7-10-25(30)31)33-27(32)20-13-11-19(2)12-14-20/h11-16,21-23,28-29H,3-10,17-18H2,1-2H3,(H,30,31)/t21-,22-,23+/m0/s1. The molecule has 0 bridgehead atoms. The molecular weight excluding hydrogens is 452 g/mol. The number of ether oxygens (including phenoxy) is 1. The fraction of sp³-hybridized carbons (Fsp3) is 0.556. The molecule has 1 aliphatic rings. The topological polar surface area (TPSA) is 104 Å². The number of aryl methyl sites for hydroxylation is 1. The molecule has 7 heteroatoms. The highest BCUT2D eigenvalue weighted by Gasteiger charge is 2.34. The maximum atomic E-state index is 12.7. The summed E-state index contributed by atoms with van der Waals surface area (Å²) in [6, 6.07) is 7.16. The first-order chi connectivity index (χ1) is 16.3. The van der Waals surface area contributed by atoms with Crippen molar-refractivity contribution in [1.29, 1.82) is 0 Å². The number of aliphatic hydroxyl groups is 2. The lowest BCUT2D eigenvalue weighted by Crippen LogP contribution is -2.14. The maximum Gasteiger partial charge on any atom is 0.343 e. The minimum absolute atomic E-state index is 0.159. The van der Waals surface area contributed by atoms with Gasteiger partial charge in [0.15, 0.2) is 0 Å². The molecule has 0 fully saturated rings. The van der Waals surface area contributed by atoms with Crippen molar-refractivity contribution >= 4 is 23.7 Å². The molecule has 0 heterocycles. The van der Waals surface area contributed by atoms with E-state index in [-0.39, 0.29) is 18.8 Å². The lowest BCUT2D eigenvalue weighted by atomic mass is 10.0. The minimum Gasteiger partial charge on any atom is -0.481 e. The monoisotopic (exact) mass is 490 g/mol. The molecule has 1 aromatic carbocycles. The Labute approximate surface area is 207 Å². The van der Waals surface area contributed by atoms with Crippen LogP contribution in [0.4, 0.5) is 0 Å². The second-order valence-corrected chi connectivity index (χ2v) is 9.98. The number of aliphatic hydroxyl groups excluding tert-OH is 2. The summed E-state index contributed by atoms with van der Waals surface area (Å²) in [4.78, 5) is 24.2. The van der Waals surface area contributed by atoms with Crippen molar-refractivity contribution in [3.8, 4) is 0 Å². The number of carbonyl (C=O) groups excluding carboxylic acids is 1. The lowest BCUT2D eigenvalue weighted by Gasteiger charge is -2.15. The third-order valence-corrected chi connectivity index (χ3v) is 7.13. The highest BCUT2D eigenvalue weighted by atomic mass is 32.2. The minimum atomic E-state index is -0.790. The van der Waals surface area contributed by atoms with Gasteiger partial charge in [0, 0.05) is 23.7 Å². The van der Waals surface area contributed by atoms with Crippen LogP contribution in [0.1, 0.15) is 80.6 Å². The van der Waals surface area contributed by atoms with Gasteiger partial charge in [-0.05, 0) is 44.1 Å². The number of hydrogen-bond acceptors (Lipinski definition) is 6. The number of unbranched alkanes of at least 4 members (excludes halogenated alkanes) is 4. The molecule has 0 saturated heterocycles. The van der Waals surface area contributed by atoms with Crippen molar-refractivity contribution in [2.45, 2.75) is 83.8 Å². The Morgan fingerprint density at radius 2 is 1.88 bits per heavy atom. The molecule has 0 saturated carbocycles. The fourth-order valence-corrected chi connectivity index (χ4v) is 5.09. The van der Waals surface area contributed by atoms with Gasteiger partial charge in [-0.15, -0.1) is 11.8 Å². The predicted octanol–water partition coefficient (Wildman–Crippen LogP) is 5.62. The van der Waals surface area contributed by atoms with E-state index in [2.05, 4.69) is 6.92 Å². The van der Waals surface area contributed by atoms with Gasteiger partial charge in [-0.25, -0.2) is 4.79 Å². The SMILES string of the molecule is CCCCC[C@H](O)C=C[C@@H]1C(SCCCCCC(=O)O)=C(OC(=O)c2ccc(C)cc2)C[C@H]1O. The number of aliphatic carboxylic acids is 1. The number of esters is 1. The highest BCUT2D eigenvalue weighted by Crippen LogP contribution is 2.42. The fourth-order valence-electron chi connectivity index (χ4n) is 3.81. The molecule has 0 amide bonds. The van der Waals surface area contributed by atoms with Crippen molar-refractivity contribution in [3.05, 3.63) is 58.2 Å². The van der Waals surface area contributed by atoms with Gasteiger partial charge in [0.05, 0.1) is 17.8 Å². The zero-order chi connectivity index (χ0) is 24.9. The summed E-state index contributed by atoms with van der Waals surface area (Å²) in [5.74, 6) is -0.376. The first kappa shape index (κ1) is 28.1. The summed E-state index contributed by atoms with van der Waals surface area (Å²) in [5, 5.41) is 29.8. The Balaban J connectivity index is 2.09. The van der Waals surface area contributed by atoms with Gasteiger partial charge in [0.25, 0.3) is 0 Å². The van der Waals surface area contributed by atoms with Crippen LogP contribution in [-0.4, -0.2) is 45.2 Å². The molecule has 0 aliphatic heterocycles. The van der Waals surface area contributed by atoms with Gasteiger partial charge in [-0.1, -0.05) is 62.5 Å². The van der Waals surface area contributed by atoms with Crippen LogP contribution in [0.25, 0.3) is 0 Å². The molecule has 6 nitrogen and oxygen atoms in total. The highest BCUT2D eigenvalue weighted by molar-refractivity contribution is 8.03. The summed E-state index contributed by atoms with van der Waals surface area (Å²) in [6.07, 6.45) is 8.70. The molecule has 0 aromatic heterocycles. The van der Waals surface area contributed by atoms with Crippen molar-refractivity contribution in [2.24, 2.45) is 5.92 Å². The Morgan fingerprint density at radius 3 is 2.56 bits per heavy atom. The molecule has 34 heavy (non-hydrogen) atoms. The largest absolute Gasteiger partial charge is 0.481 e. The molecule has 3 atom stereocenters. The third-order valence-electron chi connectivity index (χ3n) is 5.83. The van der Waals surface area contributed by atoms with Crippen LogP contribution in [0.3, 0.4) is 0 Å². The van der Waals surface area contributed by atoms with Crippen molar-refractivity contribution in [1.82, 2.24) is 0 Å². The Morgan fingerprint density at radius 1 is 1.15 bits per heavy atom. The quantitative estimate of drug-likeness (QED) is 0.166. The van der Waals surface area contributed by atoms with E-state index >= 15 is 0 Å². The van der Waals surface area contributed by atoms with Gasteiger partial charge < -0.3 is 20.1 Å². The van der Waals surface area contributed by atoms with E-state index in [0.717, 1.165) is 48.3 Å². The second kappa shape index (κ2) is 15.0. The molecular formula is C27H38O6S. The number of hydrogen-bond donors (Lipinski definition) is 3. The van der Waals surface area contributed by atoms with E-state index in [1.165, 1.54) is 11.8 Å². The Hall–Kier alpha value is -2.09. The second-order valence-electron chi connectivity index (χ2n) is 8.84. The zero-order valence-electron chi connectivity index (χ0n) is 20.2. The van der Waals surface area contributed by atoms with E-state index in [1.54, 1.807) is 18.2 Å². The van der Waals surface area contributed by atoms with Crippen LogP contribution >= 0.6 is 11.8 Å². The summed E-state index contributed by atoms with van der Waals surface area (Å²) >= 11 is 1.54. The summed E-state index contributed by atoms with van der Waals surface area (Å²) < 4.78 is 5.73. The summed E-state index contributed by atoms with van der Waals surface area (Å²) in [5.41, 5.74) is 1.50. The lowest BCUT2D eigenvalue weighted by molar-refractivity contribution is -0.137. The van der Waals surface area contributed by atoms with Crippen molar-refractivity contribution in [3.63, 3.8) is 0 Å². The van der Waals surface area contributed by atoms with Gasteiger partial charge in [0.2, 0.25) is 0 Å². The first-order valence-electron chi connectivity index (χ1n) is 12.2. The van der Waals surface area contributed by atoms with E-state index in [4.69, 9.17) is 9.84 Å². The average Bonchev–Trinajstić information content (AvgIpc) is 3.08. The van der Waals surface area contributed by atoms with Gasteiger partial charge in [-0.2, -0.15) is 0 Å². The summed E-state index contributed by atoms with van der Waals surface area (Å²) in [6.45, 7) is 4.07. The molecule has 3 N–H and O–H groups in total. The number of rotatable bonds is 15. The van der Waals surface area contributed by atoms with Crippen LogP contribution in [0.2, 0.25) is 0 Å². The van der Waals surface area contributed by atoms with Crippen molar-refractivity contribution in [2.75, 3.05) is 5.75 Å². The Bertz CT molecular complexity index is 845. The molecule has 2 rings (SSSR count). The van der Waals surface area contributed by atoms with Crippen LogP contribution < -0.4 is 0 Å². The van der Waals surface area contributed by atoms with Crippen molar-refractivity contribution < 1.29 is 29.6 Å². The van der Waals surface area contributed by atoms with Gasteiger partial charge in [-0.3, -0.25) is 4.79 Å². The Kier molecular flexibility index (Phi) is 12.4. The molecule has 188 valence electrons. The van der Waals surface area contributed by atoms with Gasteiger partial charge in [0.1, 0.15) is 5.76 Å². The van der Waals surface area contributed by atoms with E-state index in [1.807, 2.05) is 25.1 Å². The predicted molar refractivity (Wildman–Crippen MR) is 136 cm³/mol. The van der Waals surface area contributed by atoms with E-state index in [0.29, 0.717) is 24.2 Å². The van der Waals surface area contributed by atoms with E-state index in [9.17, 15) is 19.8 Å². The average molecular weight is 491 g/mol. The molecule has 0 unspecified atom stereocenters. The zero-order valence-corrected chi connectivity index (χ0v) is 21.1. The number of carbonyl (C=O) groups is 2. The molecule has 0 spiro atoms.